The van der Waals surface area contributed by atoms with Gasteiger partial charge in [0.1, 0.15) is 48.3 Å². The van der Waals surface area contributed by atoms with E-state index in [1.54, 1.807) is 37.3 Å². The fraction of sp³-hybridized carbons (Fsp3) is 0.655. The molecule has 474 valence electrons. The normalized spacial score (nSPS) is 17.5. The second-order valence-corrected chi connectivity index (χ2v) is 22.8. The number of carbonyl (C=O) groups excluding carboxylic acids is 12. The summed E-state index contributed by atoms with van der Waals surface area (Å²) in [6.45, 7) is 5.51. The zero-order valence-corrected chi connectivity index (χ0v) is 50.1. The van der Waals surface area contributed by atoms with Crippen molar-refractivity contribution in [3.8, 4) is 0 Å². The molecule has 85 heavy (non-hydrogen) atoms. The number of nitrogens with zero attached hydrogens (tertiary/aromatic N) is 3. The molecule has 0 spiro atoms. The van der Waals surface area contributed by atoms with Gasteiger partial charge in [0.05, 0.1) is 12.6 Å². The van der Waals surface area contributed by atoms with Crippen molar-refractivity contribution in [2.24, 2.45) is 51.0 Å². The zero-order valence-electron chi connectivity index (χ0n) is 49.3. The second kappa shape index (κ2) is 37.0. The lowest BCUT2D eigenvalue weighted by atomic mass is 9.92. The van der Waals surface area contributed by atoms with E-state index in [2.05, 4.69) is 42.2 Å². The summed E-state index contributed by atoms with van der Waals surface area (Å²) >= 11 is 1.45. The molecule has 2 aliphatic rings. The third-order valence-electron chi connectivity index (χ3n) is 14.6. The number of benzene rings is 1. The van der Waals surface area contributed by atoms with E-state index in [0.29, 0.717) is 56.4 Å². The lowest BCUT2D eigenvalue weighted by Gasteiger charge is -2.32. The smallest absolute Gasteiger partial charge is 0.245 e. The first-order valence-corrected chi connectivity index (χ1v) is 30.3. The van der Waals surface area contributed by atoms with Crippen LogP contribution in [-0.4, -0.2) is 186 Å². The van der Waals surface area contributed by atoms with Gasteiger partial charge in [0.2, 0.25) is 70.9 Å². The molecule has 0 aromatic heterocycles. The lowest BCUT2D eigenvalue weighted by molar-refractivity contribution is -0.144. The maximum Gasteiger partial charge on any atom is 0.245 e. The largest absolute Gasteiger partial charge is 0.370 e. The van der Waals surface area contributed by atoms with Gasteiger partial charge in [-0.1, -0.05) is 51.1 Å². The molecular formula is C55H91N17O12S. The van der Waals surface area contributed by atoms with Crippen LogP contribution in [0.2, 0.25) is 0 Å². The Morgan fingerprint density at radius 3 is 1.69 bits per heavy atom. The van der Waals surface area contributed by atoms with E-state index in [-0.39, 0.29) is 70.0 Å². The fourth-order valence-corrected chi connectivity index (χ4v) is 10.4. The van der Waals surface area contributed by atoms with E-state index < -0.39 is 157 Å². The Labute approximate surface area is 500 Å². The molecular weight excluding hydrogens is 1120 g/mol. The lowest BCUT2D eigenvalue weighted by Crippen LogP contribution is -2.60. The molecule has 0 radical (unpaired) electrons. The molecule has 2 saturated heterocycles. The average molecular weight is 1210 g/mol. The zero-order chi connectivity index (χ0) is 63.3. The standard InChI is InChI=1S/C55H91N17O12S/c1-31(2)29-39(49(79)66-35(46(60)76)23-28-85-4)65-44(75)30-64-52(82)45(32(3)33-13-6-5-7-14-33)70-48(78)37(20-22-43(59)74)67-47(77)36(19-21-42(58)73)68-50(80)41-18-12-27-72(41)54(84)38(16-8-9-24-56)69-51(81)40-17-11-26-71(40)53(83)34(57)15-10-25-63-55(61)62/h5-7,13-14,31-32,34-41,45H,8-12,15-30,56-57H2,1-4H3,(H2,58,73)(H2,59,74)(H2,60,76)(H,64,82)(H,65,75)(H,66,79)(H,67,77)(H,68,80)(H,69,81)(H,70,78)(H4,61,62,63)/t32?,34-,35-,36-,37-,38-,39-,40-,41-,45-/m0/s1. The summed E-state index contributed by atoms with van der Waals surface area (Å²) in [5, 5.41) is 18.3. The van der Waals surface area contributed by atoms with Crippen molar-refractivity contribution in [1.82, 2.24) is 47.0 Å². The van der Waals surface area contributed by atoms with Crippen molar-refractivity contribution in [3.05, 3.63) is 35.9 Å². The summed E-state index contributed by atoms with van der Waals surface area (Å²) in [7, 11) is 0. The molecule has 0 saturated carbocycles. The highest BCUT2D eigenvalue weighted by molar-refractivity contribution is 7.98. The van der Waals surface area contributed by atoms with Gasteiger partial charge in [-0.3, -0.25) is 62.5 Å². The Kier molecular flexibility index (Phi) is 31.2. The number of nitrogens with two attached hydrogens (primary N) is 7. The number of hydrogen-bond donors (Lipinski definition) is 14. The third-order valence-corrected chi connectivity index (χ3v) is 15.3. The summed E-state index contributed by atoms with van der Waals surface area (Å²) in [6.07, 6.45) is 3.61. The Balaban J connectivity index is 1.85. The summed E-state index contributed by atoms with van der Waals surface area (Å²) in [6, 6.07) is -2.40. The number of carbonyl (C=O) groups is 12. The highest BCUT2D eigenvalue weighted by Gasteiger charge is 2.42. The Bertz CT molecular complexity index is 2490. The van der Waals surface area contributed by atoms with Gasteiger partial charge in [0.15, 0.2) is 5.96 Å². The monoisotopic (exact) mass is 1210 g/mol. The molecule has 30 heteroatoms. The van der Waals surface area contributed by atoms with E-state index in [0.717, 1.165) is 0 Å². The van der Waals surface area contributed by atoms with Crippen molar-refractivity contribution in [3.63, 3.8) is 0 Å². The first-order valence-electron chi connectivity index (χ1n) is 28.9. The topological polar surface area (TPSA) is 490 Å². The molecule has 12 amide bonds. The van der Waals surface area contributed by atoms with Crippen molar-refractivity contribution in [2.75, 3.05) is 44.7 Å². The highest BCUT2D eigenvalue weighted by Crippen LogP contribution is 2.24. The van der Waals surface area contributed by atoms with Crippen LogP contribution in [0.5, 0.6) is 0 Å². The first kappa shape index (κ1) is 71.7. The Morgan fingerprint density at radius 1 is 0.612 bits per heavy atom. The van der Waals surface area contributed by atoms with E-state index in [1.165, 1.54) is 21.6 Å². The molecule has 2 aliphatic heterocycles. The van der Waals surface area contributed by atoms with Gasteiger partial charge in [-0.15, -0.1) is 0 Å². The molecule has 1 unspecified atom stereocenters. The third kappa shape index (κ3) is 24.5. The van der Waals surface area contributed by atoms with E-state index in [9.17, 15) is 57.5 Å². The number of aliphatic imine (C=N–C) groups is 1. The van der Waals surface area contributed by atoms with E-state index in [4.69, 9.17) is 40.1 Å². The molecule has 2 fully saturated rings. The van der Waals surface area contributed by atoms with Gasteiger partial charge < -0.3 is 87.2 Å². The summed E-state index contributed by atoms with van der Waals surface area (Å²) < 4.78 is 0. The Morgan fingerprint density at radius 2 is 1.15 bits per heavy atom. The summed E-state index contributed by atoms with van der Waals surface area (Å²) in [5.74, 6) is -9.63. The minimum atomic E-state index is -1.61. The predicted octanol–water partition coefficient (Wildman–Crippen LogP) is -3.88. The molecule has 0 bridgehead atoms. The number of hydrogen-bond acceptors (Lipinski definition) is 16. The van der Waals surface area contributed by atoms with Crippen LogP contribution in [0.4, 0.5) is 0 Å². The van der Waals surface area contributed by atoms with Gasteiger partial charge in [0.25, 0.3) is 0 Å². The van der Waals surface area contributed by atoms with Gasteiger partial charge in [0, 0.05) is 38.4 Å². The van der Waals surface area contributed by atoms with Crippen LogP contribution in [0.3, 0.4) is 0 Å². The van der Waals surface area contributed by atoms with Crippen LogP contribution >= 0.6 is 11.8 Å². The molecule has 10 atom stereocenters. The van der Waals surface area contributed by atoms with Crippen molar-refractivity contribution in [1.29, 1.82) is 0 Å². The fourth-order valence-electron chi connectivity index (χ4n) is 9.97. The quantitative estimate of drug-likeness (QED) is 0.0171. The van der Waals surface area contributed by atoms with Crippen molar-refractivity contribution >= 4 is 88.6 Å². The van der Waals surface area contributed by atoms with Gasteiger partial charge in [-0.05, 0) is 114 Å². The van der Waals surface area contributed by atoms with Crippen LogP contribution < -0.4 is 77.4 Å². The minimum absolute atomic E-state index is 0.0878. The molecule has 1 aromatic carbocycles. The Hall–Kier alpha value is -7.60. The maximum absolute atomic E-state index is 14.5. The summed E-state index contributed by atoms with van der Waals surface area (Å²) in [5.41, 5.74) is 39.9. The maximum atomic E-state index is 14.5. The molecule has 21 N–H and O–H groups in total. The number of unbranched alkanes of at least 4 members (excludes halogenated alkanes) is 1. The number of primary amides is 3. The predicted molar refractivity (Wildman–Crippen MR) is 318 cm³/mol. The second-order valence-electron chi connectivity index (χ2n) is 21.8. The molecule has 29 nitrogen and oxygen atoms in total. The van der Waals surface area contributed by atoms with Gasteiger partial charge in [-0.2, -0.15) is 11.8 Å². The first-order chi connectivity index (χ1) is 40.3. The van der Waals surface area contributed by atoms with Crippen molar-refractivity contribution in [2.45, 2.75) is 177 Å². The van der Waals surface area contributed by atoms with Crippen LogP contribution in [0, 0.1) is 5.92 Å². The number of rotatable bonds is 38. The molecule has 1 aromatic rings. The van der Waals surface area contributed by atoms with Crippen molar-refractivity contribution < 1.29 is 57.5 Å². The van der Waals surface area contributed by atoms with Gasteiger partial charge >= 0.3 is 0 Å². The van der Waals surface area contributed by atoms with E-state index >= 15 is 0 Å². The van der Waals surface area contributed by atoms with Crippen LogP contribution in [0.25, 0.3) is 0 Å². The van der Waals surface area contributed by atoms with E-state index in [1.807, 2.05) is 20.1 Å². The SMILES string of the molecule is CSCC[C@H](NC(=O)[C@H](CC(C)C)NC(=O)CNC(=O)[C@@H](NC(=O)[C@H](CCC(N)=O)NC(=O)[C@H](CCC(N)=O)NC(=O)[C@@H]1CCCN1C(=O)[C@H](CCCCN)NC(=O)[C@@H]1CCCN1C(=O)[C@@H](N)CCCN=C(N)N)C(C)c1ccccc1)C(N)=O. The number of nitrogens with one attached hydrogen (secondary N) is 7. The van der Waals surface area contributed by atoms with Crippen LogP contribution in [0.1, 0.15) is 129 Å². The highest BCUT2D eigenvalue weighted by atomic mass is 32.2. The minimum Gasteiger partial charge on any atom is -0.370 e. The number of amides is 12. The molecule has 0 aliphatic carbocycles. The van der Waals surface area contributed by atoms with Gasteiger partial charge in [-0.25, -0.2) is 0 Å². The number of guanidine groups is 1. The van der Waals surface area contributed by atoms with Crippen LogP contribution in [-0.2, 0) is 57.5 Å². The average Bonchev–Trinajstić information content (AvgIpc) is 4.01. The molecule has 3 rings (SSSR count). The molecule has 2 heterocycles. The number of thioether (sulfide) groups is 1. The number of likely N-dealkylation sites (tertiary alicyclic amines) is 2. The summed E-state index contributed by atoms with van der Waals surface area (Å²) in [4.78, 5) is 169. The van der Waals surface area contributed by atoms with Crippen LogP contribution in [0.15, 0.2) is 35.3 Å².